The van der Waals surface area contributed by atoms with E-state index in [4.69, 9.17) is 10.5 Å². The highest BCUT2D eigenvalue weighted by Gasteiger charge is 2.50. The van der Waals surface area contributed by atoms with E-state index >= 15 is 0 Å². The predicted octanol–water partition coefficient (Wildman–Crippen LogP) is 0.287. The van der Waals surface area contributed by atoms with Gasteiger partial charge in [0.05, 0.1) is 11.5 Å². The van der Waals surface area contributed by atoms with E-state index in [0.29, 0.717) is 0 Å². The third-order valence-electron chi connectivity index (χ3n) is 2.37. The van der Waals surface area contributed by atoms with Crippen LogP contribution < -0.4 is 5.73 Å². The van der Waals surface area contributed by atoms with Crippen LogP contribution in [0.2, 0.25) is 0 Å². The maximum atomic E-state index is 10.7. The molecule has 1 rings (SSSR count). The van der Waals surface area contributed by atoms with Gasteiger partial charge in [0, 0.05) is 7.11 Å². The molecule has 0 aromatic carbocycles. The van der Waals surface area contributed by atoms with Gasteiger partial charge in [0.1, 0.15) is 0 Å². The van der Waals surface area contributed by atoms with E-state index in [9.17, 15) is 4.79 Å². The molecule has 1 amide bonds. The van der Waals surface area contributed by atoms with Crippen LogP contribution in [0.1, 0.15) is 19.8 Å². The van der Waals surface area contributed by atoms with E-state index in [0.717, 1.165) is 12.8 Å². The third kappa shape index (κ3) is 1.01. The van der Waals surface area contributed by atoms with Gasteiger partial charge in [-0.05, 0) is 12.8 Å². The Hall–Kier alpha value is -0.570. The van der Waals surface area contributed by atoms with Crippen molar-refractivity contribution in [1.82, 2.24) is 0 Å². The van der Waals surface area contributed by atoms with Crippen molar-refractivity contribution < 1.29 is 9.53 Å². The van der Waals surface area contributed by atoms with Gasteiger partial charge in [-0.1, -0.05) is 6.92 Å². The van der Waals surface area contributed by atoms with Gasteiger partial charge in [0.15, 0.2) is 0 Å². The van der Waals surface area contributed by atoms with Crippen LogP contribution in [0.25, 0.3) is 0 Å². The molecule has 1 aliphatic carbocycles. The number of carbonyl (C=O) groups excluding carboxylic acids is 1. The van der Waals surface area contributed by atoms with Crippen molar-refractivity contribution in [1.29, 1.82) is 0 Å². The largest absolute Gasteiger partial charge is 0.377 e. The zero-order valence-electron chi connectivity index (χ0n) is 6.39. The molecule has 1 aliphatic rings. The molecule has 10 heavy (non-hydrogen) atoms. The zero-order chi connectivity index (χ0) is 7.78. The van der Waals surface area contributed by atoms with Gasteiger partial charge in [-0.3, -0.25) is 4.79 Å². The minimum atomic E-state index is -0.264. The molecule has 0 heterocycles. The second-order valence-corrected chi connectivity index (χ2v) is 2.89. The van der Waals surface area contributed by atoms with Crippen LogP contribution in [-0.2, 0) is 9.53 Å². The van der Waals surface area contributed by atoms with E-state index < -0.39 is 0 Å². The summed E-state index contributed by atoms with van der Waals surface area (Å²) >= 11 is 0. The minimum absolute atomic E-state index is 0.141. The summed E-state index contributed by atoms with van der Waals surface area (Å²) in [7, 11) is 1.63. The second-order valence-electron chi connectivity index (χ2n) is 2.89. The number of primary amides is 1. The van der Waals surface area contributed by atoms with Gasteiger partial charge < -0.3 is 10.5 Å². The molecule has 3 heteroatoms. The van der Waals surface area contributed by atoms with Crippen LogP contribution in [0, 0.1) is 5.92 Å². The van der Waals surface area contributed by atoms with E-state index in [1.54, 1.807) is 7.11 Å². The van der Waals surface area contributed by atoms with Crippen LogP contribution in [0.5, 0.6) is 0 Å². The number of amides is 1. The van der Waals surface area contributed by atoms with Gasteiger partial charge in [-0.15, -0.1) is 0 Å². The lowest BCUT2D eigenvalue weighted by atomic mass is 10.0. The topological polar surface area (TPSA) is 52.3 Å². The van der Waals surface area contributed by atoms with E-state index in [-0.39, 0.29) is 17.4 Å². The molecule has 1 fully saturated rings. The quantitative estimate of drug-likeness (QED) is 0.617. The molecule has 0 unspecified atom stereocenters. The highest BCUT2D eigenvalue weighted by Crippen LogP contribution is 2.45. The smallest absolute Gasteiger partial charge is 0.223 e. The van der Waals surface area contributed by atoms with Gasteiger partial charge in [0.25, 0.3) is 0 Å². The molecule has 0 radical (unpaired) electrons. The number of hydrogen-bond donors (Lipinski definition) is 1. The molecule has 58 valence electrons. The summed E-state index contributed by atoms with van der Waals surface area (Å²) in [6.07, 6.45) is 1.93. The number of methoxy groups -OCH3 is 1. The SMILES string of the molecule is COC1([C@H](C)C(N)=O)CC1. The summed E-state index contributed by atoms with van der Waals surface area (Å²) in [5, 5.41) is 0. The Kier molecular flexibility index (Phi) is 1.68. The first-order valence-electron chi connectivity index (χ1n) is 3.47. The molecule has 0 saturated heterocycles. The Morgan fingerprint density at radius 2 is 2.20 bits per heavy atom. The molecular weight excluding hydrogens is 130 g/mol. The number of ether oxygens (including phenoxy) is 1. The maximum Gasteiger partial charge on any atom is 0.223 e. The summed E-state index contributed by atoms with van der Waals surface area (Å²) < 4.78 is 5.17. The Morgan fingerprint density at radius 1 is 1.70 bits per heavy atom. The normalized spacial score (nSPS) is 23.8. The Balaban J connectivity index is 2.55. The summed E-state index contributed by atoms with van der Waals surface area (Å²) in [6, 6.07) is 0. The minimum Gasteiger partial charge on any atom is -0.377 e. The average molecular weight is 143 g/mol. The highest BCUT2D eigenvalue weighted by atomic mass is 16.5. The summed E-state index contributed by atoms with van der Waals surface area (Å²) in [4.78, 5) is 10.7. The molecule has 3 nitrogen and oxygen atoms in total. The third-order valence-corrected chi connectivity index (χ3v) is 2.37. The Bertz CT molecular complexity index is 152. The fourth-order valence-electron chi connectivity index (χ4n) is 1.20. The van der Waals surface area contributed by atoms with Crippen molar-refractivity contribution in [3.05, 3.63) is 0 Å². The fourth-order valence-corrected chi connectivity index (χ4v) is 1.20. The van der Waals surface area contributed by atoms with E-state index in [1.807, 2.05) is 6.92 Å². The first-order valence-corrected chi connectivity index (χ1v) is 3.47. The lowest BCUT2D eigenvalue weighted by molar-refractivity contribution is -0.126. The first kappa shape index (κ1) is 7.54. The summed E-state index contributed by atoms with van der Waals surface area (Å²) in [5.41, 5.74) is 4.92. The molecule has 0 aromatic rings. The van der Waals surface area contributed by atoms with Crippen molar-refractivity contribution in [3.63, 3.8) is 0 Å². The standard InChI is InChI=1S/C7H13NO2/c1-5(6(8)9)7(10-2)3-4-7/h5H,3-4H2,1-2H3,(H2,8,9)/t5-/m1/s1. The van der Waals surface area contributed by atoms with Crippen molar-refractivity contribution >= 4 is 5.91 Å². The Morgan fingerprint density at radius 3 is 2.30 bits per heavy atom. The van der Waals surface area contributed by atoms with Crippen molar-refractivity contribution in [2.45, 2.75) is 25.4 Å². The van der Waals surface area contributed by atoms with E-state index in [1.165, 1.54) is 0 Å². The molecule has 0 bridgehead atoms. The van der Waals surface area contributed by atoms with Crippen LogP contribution in [-0.4, -0.2) is 18.6 Å². The monoisotopic (exact) mass is 143 g/mol. The number of rotatable bonds is 3. The molecule has 1 saturated carbocycles. The second kappa shape index (κ2) is 2.23. The average Bonchev–Trinajstić information content (AvgIpc) is 2.66. The van der Waals surface area contributed by atoms with E-state index in [2.05, 4.69) is 0 Å². The summed E-state index contributed by atoms with van der Waals surface area (Å²) in [5.74, 6) is -0.406. The maximum absolute atomic E-state index is 10.7. The molecule has 0 aliphatic heterocycles. The van der Waals surface area contributed by atoms with Crippen molar-refractivity contribution in [3.8, 4) is 0 Å². The van der Waals surface area contributed by atoms with Crippen LogP contribution >= 0.6 is 0 Å². The number of nitrogens with two attached hydrogens (primary N) is 1. The Labute approximate surface area is 60.5 Å². The van der Waals surface area contributed by atoms with Gasteiger partial charge >= 0.3 is 0 Å². The first-order chi connectivity index (χ1) is 4.62. The molecule has 1 atom stereocenters. The molecule has 0 spiro atoms. The number of hydrogen-bond acceptors (Lipinski definition) is 2. The van der Waals surface area contributed by atoms with Crippen molar-refractivity contribution in [2.24, 2.45) is 11.7 Å². The van der Waals surface area contributed by atoms with Crippen LogP contribution in [0.15, 0.2) is 0 Å². The summed E-state index contributed by atoms with van der Waals surface area (Å²) in [6.45, 7) is 1.82. The van der Waals surface area contributed by atoms with Gasteiger partial charge in [-0.2, -0.15) is 0 Å². The number of carbonyl (C=O) groups is 1. The van der Waals surface area contributed by atoms with Gasteiger partial charge in [-0.25, -0.2) is 0 Å². The molecule has 2 N–H and O–H groups in total. The highest BCUT2D eigenvalue weighted by molar-refractivity contribution is 5.78. The molecular formula is C7H13NO2. The van der Waals surface area contributed by atoms with Crippen LogP contribution in [0.3, 0.4) is 0 Å². The molecule has 0 aromatic heterocycles. The zero-order valence-corrected chi connectivity index (χ0v) is 6.39. The van der Waals surface area contributed by atoms with Crippen LogP contribution in [0.4, 0.5) is 0 Å². The fraction of sp³-hybridized carbons (Fsp3) is 0.857. The predicted molar refractivity (Wildman–Crippen MR) is 37.3 cm³/mol. The van der Waals surface area contributed by atoms with Gasteiger partial charge in [0.2, 0.25) is 5.91 Å². The lowest BCUT2D eigenvalue weighted by Crippen LogP contribution is -2.34. The lowest BCUT2D eigenvalue weighted by Gasteiger charge is -2.17. The van der Waals surface area contributed by atoms with Crippen molar-refractivity contribution in [2.75, 3.05) is 7.11 Å².